The number of carbonyl (C=O) groups is 1. The second kappa shape index (κ2) is 11.3. The van der Waals surface area contributed by atoms with Crippen molar-refractivity contribution in [2.45, 2.75) is 33.3 Å². The topological polar surface area (TPSA) is 87.0 Å². The molecule has 1 N–H and O–H groups in total. The number of aromatic nitrogens is 3. The smallest absolute Gasteiger partial charge is 0.263 e. The summed E-state index contributed by atoms with van der Waals surface area (Å²) in [7, 11) is 1.63. The molecule has 0 aliphatic heterocycles. The molecule has 0 saturated heterocycles. The van der Waals surface area contributed by atoms with Crippen molar-refractivity contribution < 1.29 is 19.0 Å². The first-order chi connectivity index (χ1) is 18.9. The van der Waals surface area contributed by atoms with Gasteiger partial charge in [0.2, 0.25) is 5.88 Å². The van der Waals surface area contributed by atoms with E-state index in [1.165, 1.54) is 0 Å². The number of pyridine rings is 2. The van der Waals surface area contributed by atoms with E-state index in [0.717, 1.165) is 28.2 Å². The first-order valence-electron chi connectivity index (χ1n) is 12.7. The van der Waals surface area contributed by atoms with E-state index in [1.807, 2.05) is 73.7 Å². The predicted molar refractivity (Wildman–Crippen MR) is 150 cm³/mol. The Labute approximate surface area is 227 Å². The summed E-state index contributed by atoms with van der Waals surface area (Å²) in [5.41, 5.74) is 4.51. The fraction of sp³-hybridized carbons (Fsp3) is 0.194. The molecule has 8 heteroatoms. The molecular weight excluding hydrogens is 492 g/mol. The molecule has 198 valence electrons. The fourth-order valence-electron chi connectivity index (χ4n) is 4.28. The van der Waals surface area contributed by atoms with Crippen molar-refractivity contribution in [1.82, 2.24) is 14.6 Å². The van der Waals surface area contributed by atoms with Gasteiger partial charge < -0.3 is 19.5 Å². The summed E-state index contributed by atoms with van der Waals surface area (Å²) in [6.45, 7) is 6.37. The SMILES string of the molecule is COc1ccc(COc2nn3ccccc3c2C(=O)Nc2cc(C)c(Oc3ccncc3)cc2C(C)C)cc1. The van der Waals surface area contributed by atoms with Crippen molar-refractivity contribution >= 4 is 17.1 Å². The van der Waals surface area contributed by atoms with Gasteiger partial charge in [0.05, 0.1) is 12.6 Å². The Bertz CT molecular complexity index is 1600. The van der Waals surface area contributed by atoms with E-state index in [0.29, 0.717) is 22.5 Å². The van der Waals surface area contributed by atoms with Crippen molar-refractivity contribution in [3.63, 3.8) is 0 Å². The summed E-state index contributed by atoms with van der Waals surface area (Å²) in [6.07, 6.45) is 5.17. The molecule has 8 nitrogen and oxygen atoms in total. The summed E-state index contributed by atoms with van der Waals surface area (Å²) in [6, 6.07) is 20.7. The molecule has 0 fully saturated rings. The lowest BCUT2D eigenvalue weighted by atomic mass is 9.98. The number of ether oxygens (including phenoxy) is 3. The molecular formula is C31H30N4O4. The van der Waals surface area contributed by atoms with E-state index >= 15 is 0 Å². The van der Waals surface area contributed by atoms with Crippen molar-refractivity contribution in [3.05, 3.63) is 108 Å². The highest BCUT2D eigenvalue weighted by Crippen LogP contribution is 2.35. The normalized spacial score (nSPS) is 11.0. The maximum absolute atomic E-state index is 13.8. The molecule has 0 bridgehead atoms. The third-order valence-corrected chi connectivity index (χ3v) is 6.36. The molecule has 0 radical (unpaired) electrons. The molecule has 3 aromatic heterocycles. The maximum Gasteiger partial charge on any atom is 0.263 e. The average molecular weight is 523 g/mol. The second-order valence-corrected chi connectivity index (χ2v) is 9.45. The Balaban J connectivity index is 1.44. The highest BCUT2D eigenvalue weighted by atomic mass is 16.5. The Kier molecular flexibility index (Phi) is 7.45. The summed E-state index contributed by atoms with van der Waals surface area (Å²) in [5, 5.41) is 7.66. The molecule has 0 aliphatic carbocycles. The number of rotatable bonds is 9. The minimum absolute atomic E-state index is 0.135. The summed E-state index contributed by atoms with van der Waals surface area (Å²) in [5.74, 6) is 2.28. The van der Waals surface area contributed by atoms with Crippen molar-refractivity contribution in [1.29, 1.82) is 0 Å². The predicted octanol–water partition coefficient (Wildman–Crippen LogP) is 6.79. The lowest BCUT2D eigenvalue weighted by molar-refractivity contribution is 0.102. The lowest BCUT2D eigenvalue weighted by Gasteiger charge is -2.18. The standard InChI is InChI=1S/C31H30N4O4/c1-20(2)25-18-28(39-24-12-14-32-15-13-24)21(3)17-26(25)33-30(36)29-27-7-5-6-16-35(27)34-31(29)38-19-22-8-10-23(37-4)11-9-22/h5-18,20H,19H2,1-4H3,(H,33,36). The van der Waals surface area contributed by atoms with Crippen LogP contribution in [0.1, 0.15) is 46.8 Å². The minimum Gasteiger partial charge on any atom is -0.497 e. The summed E-state index contributed by atoms with van der Waals surface area (Å²) < 4.78 is 19.1. The number of carbonyl (C=O) groups excluding carboxylic acids is 1. The fourth-order valence-corrected chi connectivity index (χ4v) is 4.28. The third kappa shape index (κ3) is 5.70. The average Bonchev–Trinajstić information content (AvgIpc) is 3.32. The van der Waals surface area contributed by atoms with E-state index in [2.05, 4.69) is 29.2 Å². The molecule has 0 aliphatic rings. The number of aryl methyl sites for hydroxylation is 1. The number of hydrogen-bond donors (Lipinski definition) is 1. The molecule has 3 heterocycles. The lowest BCUT2D eigenvalue weighted by Crippen LogP contribution is -2.15. The Morgan fingerprint density at radius 3 is 2.49 bits per heavy atom. The number of anilines is 1. The van der Waals surface area contributed by atoms with Crippen LogP contribution in [0.25, 0.3) is 5.52 Å². The van der Waals surface area contributed by atoms with Gasteiger partial charge in [0.25, 0.3) is 5.91 Å². The monoisotopic (exact) mass is 522 g/mol. The van der Waals surface area contributed by atoms with Gasteiger partial charge in [0, 0.05) is 24.3 Å². The van der Waals surface area contributed by atoms with Crippen molar-refractivity contribution in [2.75, 3.05) is 12.4 Å². The van der Waals surface area contributed by atoms with Crippen LogP contribution in [-0.4, -0.2) is 27.6 Å². The van der Waals surface area contributed by atoms with Crippen molar-refractivity contribution in [3.8, 4) is 23.1 Å². The van der Waals surface area contributed by atoms with E-state index in [-0.39, 0.29) is 24.3 Å². The van der Waals surface area contributed by atoms with Crippen LogP contribution in [0.3, 0.4) is 0 Å². The van der Waals surface area contributed by atoms with Crippen LogP contribution in [-0.2, 0) is 6.61 Å². The number of benzene rings is 2. The van der Waals surface area contributed by atoms with Crippen LogP contribution >= 0.6 is 0 Å². The number of hydrogen-bond acceptors (Lipinski definition) is 6. The largest absolute Gasteiger partial charge is 0.497 e. The van der Waals surface area contributed by atoms with Gasteiger partial charge in [-0.15, -0.1) is 5.10 Å². The van der Waals surface area contributed by atoms with Crippen LogP contribution in [0.2, 0.25) is 0 Å². The highest BCUT2D eigenvalue weighted by Gasteiger charge is 2.23. The number of methoxy groups -OCH3 is 1. The molecule has 0 spiro atoms. The van der Waals surface area contributed by atoms with Gasteiger partial charge >= 0.3 is 0 Å². The van der Waals surface area contributed by atoms with Gasteiger partial charge in [-0.05, 0) is 78.1 Å². The van der Waals surface area contributed by atoms with Gasteiger partial charge in [0.1, 0.15) is 29.4 Å². The minimum atomic E-state index is -0.301. The van der Waals surface area contributed by atoms with Crippen LogP contribution in [0.4, 0.5) is 5.69 Å². The number of fused-ring (bicyclic) bond motifs is 1. The van der Waals surface area contributed by atoms with Crippen LogP contribution in [0.5, 0.6) is 23.1 Å². The second-order valence-electron chi connectivity index (χ2n) is 9.45. The quantitative estimate of drug-likeness (QED) is 0.229. The van der Waals surface area contributed by atoms with Gasteiger partial charge in [-0.2, -0.15) is 0 Å². The molecule has 5 aromatic rings. The zero-order valence-electron chi connectivity index (χ0n) is 22.3. The van der Waals surface area contributed by atoms with E-state index in [9.17, 15) is 4.79 Å². The molecule has 0 saturated carbocycles. The first kappa shape index (κ1) is 25.8. The number of nitrogens with one attached hydrogen (secondary N) is 1. The van der Waals surface area contributed by atoms with Gasteiger partial charge in [-0.25, -0.2) is 4.52 Å². The molecule has 2 aromatic carbocycles. The van der Waals surface area contributed by atoms with Crippen LogP contribution < -0.4 is 19.5 Å². The van der Waals surface area contributed by atoms with Crippen LogP contribution in [0.15, 0.2) is 85.3 Å². The zero-order valence-corrected chi connectivity index (χ0v) is 22.3. The third-order valence-electron chi connectivity index (χ3n) is 6.36. The molecule has 0 atom stereocenters. The van der Waals surface area contributed by atoms with Gasteiger partial charge in [0.15, 0.2) is 0 Å². The Morgan fingerprint density at radius 1 is 1.00 bits per heavy atom. The first-order valence-corrected chi connectivity index (χ1v) is 12.7. The highest BCUT2D eigenvalue weighted by molar-refractivity contribution is 6.11. The summed E-state index contributed by atoms with van der Waals surface area (Å²) >= 11 is 0. The van der Waals surface area contributed by atoms with E-state index in [4.69, 9.17) is 14.2 Å². The molecule has 5 rings (SSSR count). The summed E-state index contributed by atoms with van der Waals surface area (Å²) in [4.78, 5) is 17.8. The number of amides is 1. The van der Waals surface area contributed by atoms with E-state index in [1.54, 1.807) is 30.2 Å². The molecule has 39 heavy (non-hydrogen) atoms. The Hall–Kier alpha value is -4.85. The van der Waals surface area contributed by atoms with Gasteiger partial charge in [-0.1, -0.05) is 32.0 Å². The maximum atomic E-state index is 13.8. The van der Waals surface area contributed by atoms with Crippen molar-refractivity contribution in [2.24, 2.45) is 0 Å². The number of nitrogens with zero attached hydrogens (tertiary/aromatic N) is 3. The molecule has 0 unspecified atom stereocenters. The zero-order chi connectivity index (χ0) is 27.4. The molecule has 1 amide bonds. The van der Waals surface area contributed by atoms with Crippen LogP contribution in [0, 0.1) is 6.92 Å². The van der Waals surface area contributed by atoms with E-state index < -0.39 is 0 Å². The Morgan fingerprint density at radius 2 is 1.77 bits per heavy atom. The van der Waals surface area contributed by atoms with Gasteiger partial charge in [-0.3, -0.25) is 9.78 Å².